The number of hydrogen-bond acceptors (Lipinski definition) is 2. The second-order valence-corrected chi connectivity index (χ2v) is 5.73. The van der Waals surface area contributed by atoms with Gasteiger partial charge in [-0.2, -0.15) is 13.2 Å². The SMILES string of the molecule is CC(C)c1ccccc1NC(=O)C(=O)Nc1ccc(C(F)(F)F)cc1. The lowest BCUT2D eigenvalue weighted by Gasteiger charge is -2.13. The molecule has 2 amide bonds. The minimum Gasteiger partial charge on any atom is -0.318 e. The van der Waals surface area contributed by atoms with Crippen LogP contribution in [0.2, 0.25) is 0 Å². The van der Waals surface area contributed by atoms with Crippen LogP contribution in [0.4, 0.5) is 24.5 Å². The Balaban J connectivity index is 2.05. The summed E-state index contributed by atoms with van der Waals surface area (Å²) in [7, 11) is 0. The van der Waals surface area contributed by atoms with E-state index in [9.17, 15) is 22.8 Å². The molecule has 7 heteroatoms. The third kappa shape index (κ3) is 4.82. The number of benzene rings is 2. The Bertz CT molecular complexity index is 769. The summed E-state index contributed by atoms with van der Waals surface area (Å²) in [5.74, 6) is -1.71. The van der Waals surface area contributed by atoms with Gasteiger partial charge in [0.1, 0.15) is 0 Å². The van der Waals surface area contributed by atoms with Crippen LogP contribution in [-0.2, 0) is 15.8 Å². The maximum Gasteiger partial charge on any atom is 0.416 e. The van der Waals surface area contributed by atoms with Gasteiger partial charge in [-0.15, -0.1) is 0 Å². The maximum atomic E-state index is 12.5. The first-order valence-corrected chi connectivity index (χ1v) is 7.57. The first kappa shape index (κ1) is 18.5. The third-order valence-electron chi connectivity index (χ3n) is 3.51. The van der Waals surface area contributed by atoms with Crippen molar-refractivity contribution in [2.45, 2.75) is 25.9 Å². The van der Waals surface area contributed by atoms with Crippen LogP contribution >= 0.6 is 0 Å². The van der Waals surface area contributed by atoms with Crippen molar-refractivity contribution < 1.29 is 22.8 Å². The van der Waals surface area contributed by atoms with E-state index in [1.807, 2.05) is 26.0 Å². The summed E-state index contributed by atoms with van der Waals surface area (Å²) in [6, 6.07) is 10.9. The van der Waals surface area contributed by atoms with Crippen molar-refractivity contribution >= 4 is 23.2 Å². The molecule has 2 aromatic carbocycles. The molecule has 2 rings (SSSR count). The van der Waals surface area contributed by atoms with Crippen molar-refractivity contribution in [3.63, 3.8) is 0 Å². The predicted octanol–water partition coefficient (Wildman–Crippen LogP) is 4.41. The summed E-state index contributed by atoms with van der Waals surface area (Å²) < 4.78 is 37.5. The largest absolute Gasteiger partial charge is 0.416 e. The number of amides is 2. The van der Waals surface area contributed by atoms with Crippen molar-refractivity contribution in [2.24, 2.45) is 0 Å². The van der Waals surface area contributed by atoms with Crippen LogP contribution in [0.1, 0.15) is 30.9 Å². The zero-order chi connectivity index (χ0) is 18.6. The van der Waals surface area contributed by atoms with E-state index in [0.29, 0.717) is 5.69 Å². The average Bonchev–Trinajstić information content (AvgIpc) is 2.54. The number of alkyl halides is 3. The normalized spacial score (nSPS) is 11.3. The molecule has 0 unspecified atom stereocenters. The topological polar surface area (TPSA) is 58.2 Å². The lowest BCUT2D eigenvalue weighted by Crippen LogP contribution is -2.29. The van der Waals surface area contributed by atoms with E-state index in [2.05, 4.69) is 10.6 Å². The molecule has 132 valence electrons. The van der Waals surface area contributed by atoms with Gasteiger partial charge < -0.3 is 10.6 Å². The molecule has 0 atom stereocenters. The number of carbonyl (C=O) groups is 2. The van der Waals surface area contributed by atoms with Crippen LogP contribution in [0.25, 0.3) is 0 Å². The standard InChI is InChI=1S/C18H17F3N2O2/c1-11(2)14-5-3-4-6-15(14)23-17(25)16(24)22-13-9-7-12(8-10-13)18(19,20)21/h3-11H,1-2H3,(H,22,24)(H,23,25). The maximum absolute atomic E-state index is 12.5. The van der Waals surface area contributed by atoms with Gasteiger partial charge in [0.05, 0.1) is 5.56 Å². The second-order valence-electron chi connectivity index (χ2n) is 5.73. The van der Waals surface area contributed by atoms with Crippen molar-refractivity contribution in [2.75, 3.05) is 10.6 Å². The quantitative estimate of drug-likeness (QED) is 0.806. The molecule has 0 aromatic heterocycles. The van der Waals surface area contributed by atoms with E-state index >= 15 is 0 Å². The highest BCUT2D eigenvalue weighted by molar-refractivity contribution is 6.43. The summed E-state index contributed by atoms with van der Waals surface area (Å²) in [5, 5.41) is 4.79. The molecule has 25 heavy (non-hydrogen) atoms. The van der Waals surface area contributed by atoms with E-state index < -0.39 is 23.6 Å². The van der Waals surface area contributed by atoms with Crippen LogP contribution in [0, 0.1) is 0 Å². The number of carbonyl (C=O) groups excluding carboxylic acids is 2. The number of anilines is 2. The smallest absolute Gasteiger partial charge is 0.318 e. The molecule has 0 fully saturated rings. The van der Waals surface area contributed by atoms with Crippen molar-refractivity contribution in [3.8, 4) is 0 Å². The fraction of sp³-hybridized carbons (Fsp3) is 0.222. The van der Waals surface area contributed by atoms with Gasteiger partial charge in [0, 0.05) is 11.4 Å². The Labute approximate surface area is 143 Å². The van der Waals surface area contributed by atoms with Gasteiger partial charge >= 0.3 is 18.0 Å². The van der Waals surface area contributed by atoms with Crippen molar-refractivity contribution in [1.82, 2.24) is 0 Å². The number of hydrogen-bond donors (Lipinski definition) is 2. The number of nitrogens with one attached hydrogen (secondary N) is 2. The van der Waals surface area contributed by atoms with Crippen LogP contribution < -0.4 is 10.6 Å². The molecular weight excluding hydrogens is 333 g/mol. The number of para-hydroxylation sites is 1. The fourth-order valence-electron chi connectivity index (χ4n) is 2.22. The summed E-state index contributed by atoms with van der Waals surface area (Å²) in [6.07, 6.45) is -4.46. The predicted molar refractivity (Wildman–Crippen MR) is 89.2 cm³/mol. The van der Waals surface area contributed by atoms with Gasteiger partial charge in [-0.25, -0.2) is 0 Å². The average molecular weight is 350 g/mol. The Kier molecular flexibility index (Phi) is 5.46. The van der Waals surface area contributed by atoms with E-state index in [4.69, 9.17) is 0 Å². The molecule has 0 radical (unpaired) electrons. The molecule has 0 aliphatic carbocycles. The number of halogens is 3. The summed E-state index contributed by atoms with van der Waals surface area (Å²) in [4.78, 5) is 23.9. The van der Waals surface area contributed by atoms with Crippen LogP contribution in [0.3, 0.4) is 0 Å². The first-order chi connectivity index (χ1) is 11.7. The minimum atomic E-state index is -4.46. The summed E-state index contributed by atoms with van der Waals surface area (Å²) in [5.41, 5.74) is 0.661. The monoisotopic (exact) mass is 350 g/mol. The minimum absolute atomic E-state index is 0.102. The zero-order valence-electron chi connectivity index (χ0n) is 13.6. The van der Waals surface area contributed by atoms with Gasteiger partial charge in [-0.1, -0.05) is 32.0 Å². The van der Waals surface area contributed by atoms with Crippen LogP contribution in [0.15, 0.2) is 48.5 Å². The van der Waals surface area contributed by atoms with E-state index in [1.54, 1.807) is 12.1 Å². The van der Waals surface area contributed by atoms with Gasteiger partial charge in [0.2, 0.25) is 0 Å². The molecule has 0 aliphatic heterocycles. The highest BCUT2D eigenvalue weighted by atomic mass is 19.4. The molecule has 0 heterocycles. The van der Waals surface area contributed by atoms with Gasteiger partial charge in [0.25, 0.3) is 0 Å². The van der Waals surface area contributed by atoms with E-state index in [-0.39, 0.29) is 11.6 Å². The highest BCUT2D eigenvalue weighted by Gasteiger charge is 2.30. The summed E-state index contributed by atoms with van der Waals surface area (Å²) in [6.45, 7) is 3.90. The third-order valence-corrected chi connectivity index (χ3v) is 3.51. The first-order valence-electron chi connectivity index (χ1n) is 7.57. The molecule has 0 saturated heterocycles. The second kappa shape index (κ2) is 7.38. The Morgan fingerprint density at radius 2 is 1.44 bits per heavy atom. The molecule has 0 aliphatic rings. The Morgan fingerprint density at radius 3 is 2.00 bits per heavy atom. The molecule has 0 spiro atoms. The summed E-state index contributed by atoms with van der Waals surface area (Å²) >= 11 is 0. The van der Waals surface area contributed by atoms with Crippen molar-refractivity contribution in [1.29, 1.82) is 0 Å². The number of rotatable bonds is 3. The van der Waals surface area contributed by atoms with Crippen LogP contribution in [0.5, 0.6) is 0 Å². The molecule has 4 nitrogen and oxygen atoms in total. The zero-order valence-corrected chi connectivity index (χ0v) is 13.6. The molecule has 2 N–H and O–H groups in total. The van der Waals surface area contributed by atoms with Gasteiger partial charge in [0.15, 0.2) is 0 Å². The van der Waals surface area contributed by atoms with E-state index in [0.717, 1.165) is 29.8 Å². The Hall–Kier alpha value is -2.83. The molecule has 0 saturated carbocycles. The highest BCUT2D eigenvalue weighted by Crippen LogP contribution is 2.29. The molecule has 0 bridgehead atoms. The van der Waals surface area contributed by atoms with Crippen molar-refractivity contribution in [3.05, 3.63) is 59.7 Å². The van der Waals surface area contributed by atoms with Crippen LogP contribution in [-0.4, -0.2) is 11.8 Å². The molecule has 2 aromatic rings. The lowest BCUT2D eigenvalue weighted by molar-refractivity contribution is -0.137. The van der Waals surface area contributed by atoms with Gasteiger partial charge in [-0.3, -0.25) is 9.59 Å². The fourth-order valence-corrected chi connectivity index (χ4v) is 2.22. The van der Waals surface area contributed by atoms with Gasteiger partial charge in [-0.05, 0) is 41.8 Å². The van der Waals surface area contributed by atoms with E-state index in [1.165, 1.54) is 0 Å². The molecular formula is C18H17F3N2O2. The Morgan fingerprint density at radius 1 is 0.880 bits per heavy atom. The lowest BCUT2D eigenvalue weighted by atomic mass is 10.0.